The van der Waals surface area contributed by atoms with E-state index in [0.29, 0.717) is 5.92 Å². The van der Waals surface area contributed by atoms with Crippen LogP contribution in [0.25, 0.3) is 0 Å². The number of methoxy groups -OCH3 is 1. The van der Waals surface area contributed by atoms with Crippen molar-refractivity contribution >= 4 is 5.97 Å². The number of carbonyl (C=O) groups is 1. The SMILES string of the molecule is COC(=O)C1CCc2[nH]nc(C3CC3)c2C1. The molecule has 1 unspecified atom stereocenters. The first-order chi connectivity index (χ1) is 7.79. The van der Waals surface area contributed by atoms with Gasteiger partial charge in [0.1, 0.15) is 0 Å². The van der Waals surface area contributed by atoms with E-state index in [4.69, 9.17) is 4.74 Å². The van der Waals surface area contributed by atoms with Gasteiger partial charge in [-0.15, -0.1) is 0 Å². The van der Waals surface area contributed by atoms with Gasteiger partial charge in [0.05, 0.1) is 18.7 Å². The summed E-state index contributed by atoms with van der Waals surface area (Å²) in [6, 6.07) is 0. The third-order valence-corrected chi connectivity index (χ3v) is 3.68. The highest BCUT2D eigenvalue weighted by atomic mass is 16.5. The van der Waals surface area contributed by atoms with E-state index in [1.165, 1.54) is 36.9 Å². The van der Waals surface area contributed by atoms with Gasteiger partial charge < -0.3 is 4.74 Å². The van der Waals surface area contributed by atoms with Gasteiger partial charge >= 0.3 is 5.97 Å². The molecule has 86 valence electrons. The number of fused-ring (bicyclic) bond motifs is 1. The number of carbonyl (C=O) groups excluding carboxylic acids is 1. The highest BCUT2D eigenvalue weighted by molar-refractivity contribution is 5.73. The van der Waals surface area contributed by atoms with Gasteiger partial charge in [0, 0.05) is 11.6 Å². The molecule has 2 aliphatic carbocycles. The largest absolute Gasteiger partial charge is 0.469 e. The number of H-pyrrole nitrogens is 1. The van der Waals surface area contributed by atoms with Crippen LogP contribution in [0.1, 0.15) is 42.1 Å². The van der Waals surface area contributed by atoms with E-state index in [9.17, 15) is 4.79 Å². The zero-order chi connectivity index (χ0) is 11.1. The minimum atomic E-state index is -0.0754. The Balaban J connectivity index is 1.85. The monoisotopic (exact) mass is 220 g/mol. The lowest BCUT2D eigenvalue weighted by molar-refractivity contribution is -0.145. The summed E-state index contributed by atoms with van der Waals surface area (Å²) >= 11 is 0. The lowest BCUT2D eigenvalue weighted by atomic mass is 9.86. The highest BCUT2D eigenvalue weighted by Gasteiger charge is 2.34. The van der Waals surface area contributed by atoms with Gasteiger partial charge in [-0.05, 0) is 37.7 Å². The fourth-order valence-corrected chi connectivity index (χ4v) is 2.58. The number of aromatic amines is 1. The number of nitrogens with zero attached hydrogens (tertiary/aromatic N) is 1. The second kappa shape index (κ2) is 3.61. The molecule has 1 heterocycles. The molecule has 3 rings (SSSR count). The Morgan fingerprint density at radius 2 is 2.25 bits per heavy atom. The Morgan fingerprint density at radius 3 is 2.94 bits per heavy atom. The van der Waals surface area contributed by atoms with Crippen molar-refractivity contribution in [2.24, 2.45) is 5.92 Å². The predicted octanol–water partition coefficient (Wildman–Crippen LogP) is 1.56. The molecule has 0 spiro atoms. The van der Waals surface area contributed by atoms with Crippen molar-refractivity contribution in [3.8, 4) is 0 Å². The molecule has 0 radical (unpaired) electrons. The number of hydrogen-bond acceptors (Lipinski definition) is 3. The zero-order valence-electron chi connectivity index (χ0n) is 9.45. The van der Waals surface area contributed by atoms with Gasteiger partial charge in [0.15, 0.2) is 0 Å². The van der Waals surface area contributed by atoms with E-state index in [1.807, 2.05) is 0 Å². The van der Waals surface area contributed by atoms with E-state index >= 15 is 0 Å². The van der Waals surface area contributed by atoms with E-state index in [0.717, 1.165) is 19.3 Å². The molecule has 1 saturated carbocycles. The second-order valence-corrected chi connectivity index (χ2v) is 4.80. The fourth-order valence-electron chi connectivity index (χ4n) is 2.58. The van der Waals surface area contributed by atoms with Crippen LogP contribution in [0.15, 0.2) is 0 Å². The molecule has 1 atom stereocenters. The molecule has 4 heteroatoms. The molecule has 0 aliphatic heterocycles. The smallest absolute Gasteiger partial charge is 0.309 e. The van der Waals surface area contributed by atoms with Crippen molar-refractivity contribution in [2.75, 3.05) is 7.11 Å². The van der Waals surface area contributed by atoms with Crippen molar-refractivity contribution in [1.29, 1.82) is 0 Å². The number of rotatable bonds is 2. The first-order valence-corrected chi connectivity index (χ1v) is 5.93. The number of nitrogens with one attached hydrogen (secondary N) is 1. The number of aromatic nitrogens is 2. The van der Waals surface area contributed by atoms with E-state index in [1.54, 1.807) is 0 Å². The lowest BCUT2D eigenvalue weighted by Gasteiger charge is -2.20. The number of aryl methyl sites for hydroxylation is 1. The summed E-state index contributed by atoms with van der Waals surface area (Å²) in [4.78, 5) is 11.5. The van der Waals surface area contributed by atoms with Crippen molar-refractivity contribution in [3.63, 3.8) is 0 Å². The normalized spacial score (nSPS) is 23.9. The molecule has 0 amide bonds. The second-order valence-electron chi connectivity index (χ2n) is 4.80. The number of hydrogen-bond donors (Lipinski definition) is 1. The Labute approximate surface area is 94.4 Å². The van der Waals surface area contributed by atoms with Crippen LogP contribution in [0.3, 0.4) is 0 Å². The van der Waals surface area contributed by atoms with Crippen molar-refractivity contribution < 1.29 is 9.53 Å². The number of esters is 1. The molecule has 1 N–H and O–H groups in total. The topological polar surface area (TPSA) is 55.0 Å². The van der Waals surface area contributed by atoms with Gasteiger partial charge in [0.25, 0.3) is 0 Å². The van der Waals surface area contributed by atoms with Crippen molar-refractivity contribution in [2.45, 2.75) is 38.0 Å². The molecule has 2 aliphatic rings. The van der Waals surface area contributed by atoms with Crippen molar-refractivity contribution in [1.82, 2.24) is 10.2 Å². The molecule has 16 heavy (non-hydrogen) atoms. The summed E-state index contributed by atoms with van der Waals surface area (Å²) in [7, 11) is 1.47. The predicted molar refractivity (Wildman–Crippen MR) is 58.1 cm³/mol. The Kier molecular flexibility index (Phi) is 2.23. The molecule has 0 bridgehead atoms. The first kappa shape index (κ1) is 9.87. The third-order valence-electron chi connectivity index (χ3n) is 3.68. The minimum absolute atomic E-state index is 0.0348. The first-order valence-electron chi connectivity index (χ1n) is 5.93. The third kappa shape index (κ3) is 1.52. The maximum Gasteiger partial charge on any atom is 0.309 e. The molecule has 1 aromatic rings. The van der Waals surface area contributed by atoms with Crippen LogP contribution in [-0.2, 0) is 22.4 Å². The molecule has 0 aromatic carbocycles. The van der Waals surface area contributed by atoms with Crippen LogP contribution in [-0.4, -0.2) is 23.3 Å². The quantitative estimate of drug-likeness (QED) is 0.770. The molecule has 1 aromatic heterocycles. The van der Waals surface area contributed by atoms with Gasteiger partial charge in [-0.2, -0.15) is 5.10 Å². The molecular formula is C12H16N2O2. The van der Waals surface area contributed by atoms with Gasteiger partial charge in [-0.1, -0.05) is 0 Å². The zero-order valence-corrected chi connectivity index (χ0v) is 9.45. The standard InChI is InChI=1S/C12H16N2O2/c1-16-12(15)8-4-5-10-9(6-8)11(14-13-10)7-2-3-7/h7-8H,2-6H2,1H3,(H,13,14). The van der Waals surface area contributed by atoms with Gasteiger partial charge in [-0.25, -0.2) is 0 Å². The highest BCUT2D eigenvalue weighted by Crippen LogP contribution is 2.43. The molecule has 4 nitrogen and oxygen atoms in total. The molecule has 0 saturated heterocycles. The lowest BCUT2D eigenvalue weighted by Crippen LogP contribution is -2.23. The summed E-state index contributed by atoms with van der Waals surface area (Å²) in [6.07, 6.45) is 5.12. The Hall–Kier alpha value is -1.32. The van der Waals surface area contributed by atoms with Crippen LogP contribution in [0, 0.1) is 5.92 Å². The number of ether oxygens (including phenoxy) is 1. The maximum absolute atomic E-state index is 11.5. The van der Waals surface area contributed by atoms with Crippen LogP contribution in [0.5, 0.6) is 0 Å². The summed E-state index contributed by atoms with van der Waals surface area (Å²) in [5.41, 5.74) is 3.75. The molecule has 1 fully saturated rings. The summed E-state index contributed by atoms with van der Waals surface area (Å²) in [5.74, 6) is 0.609. The van der Waals surface area contributed by atoms with Crippen LogP contribution >= 0.6 is 0 Å². The van der Waals surface area contributed by atoms with E-state index in [-0.39, 0.29) is 11.9 Å². The maximum atomic E-state index is 11.5. The van der Waals surface area contributed by atoms with Crippen LogP contribution in [0.2, 0.25) is 0 Å². The van der Waals surface area contributed by atoms with Crippen LogP contribution < -0.4 is 0 Å². The summed E-state index contributed by atoms with van der Waals surface area (Å²) in [6.45, 7) is 0. The fraction of sp³-hybridized carbons (Fsp3) is 0.667. The van der Waals surface area contributed by atoms with Crippen LogP contribution in [0.4, 0.5) is 0 Å². The Morgan fingerprint density at radius 1 is 1.44 bits per heavy atom. The van der Waals surface area contributed by atoms with Gasteiger partial charge in [-0.3, -0.25) is 9.89 Å². The summed E-state index contributed by atoms with van der Waals surface area (Å²) in [5, 5.41) is 7.53. The summed E-state index contributed by atoms with van der Waals surface area (Å²) < 4.78 is 4.83. The Bertz CT molecular complexity index is 421. The minimum Gasteiger partial charge on any atom is -0.469 e. The average Bonchev–Trinajstić information content (AvgIpc) is 3.08. The van der Waals surface area contributed by atoms with E-state index in [2.05, 4.69) is 10.2 Å². The van der Waals surface area contributed by atoms with Gasteiger partial charge in [0.2, 0.25) is 0 Å². The van der Waals surface area contributed by atoms with Crippen molar-refractivity contribution in [3.05, 3.63) is 17.0 Å². The molecular weight excluding hydrogens is 204 g/mol. The average molecular weight is 220 g/mol. The van der Waals surface area contributed by atoms with E-state index < -0.39 is 0 Å².